The summed E-state index contributed by atoms with van der Waals surface area (Å²) in [6, 6.07) is 0. The Morgan fingerprint density at radius 1 is 1.42 bits per heavy atom. The number of amides is 1. The molecule has 3 heteroatoms. The zero-order valence-electron chi connectivity index (χ0n) is 8.68. The molecule has 0 saturated carbocycles. The summed E-state index contributed by atoms with van der Waals surface area (Å²) < 4.78 is 0. The number of hydrogen-bond donors (Lipinski definition) is 1. The number of carbonyl (C=O) groups is 1. The minimum absolute atomic E-state index is 0.0948. The quantitative estimate of drug-likeness (QED) is 0.660. The highest BCUT2D eigenvalue weighted by Crippen LogP contribution is 2.26. The van der Waals surface area contributed by atoms with Crippen LogP contribution in [0.3, 0.4) is 0 Å². The maximum absolute atomic E-state index is 11.1. The summed E-state index contributed by atoms with van der Waals surface area (Å²) in [5.74, 6) is -0.0948. The molecule has 1 atom stereocenters. The summed E-state index contributed by atoms with van der Waals surface area (Å²) in [7, 11) is -1.36. The van der Waals surface area contributed by atoms with Gasteiger partial charge in [-0.25, -0.2) is 0 Å². The summed E-state index contributed by atoms with van der Waals surface area (Å²) in [4.78, 5) is 11.1. The molecule has 0 aromatic heterocycles. The zero-order chi connectivity index (χ0) is 9.78. The summed E-state index contributed by atoms with van der Waals surface area (Å²) in [6.45, 7) is 8.76. The Labute approximate surface area is 76.5 Å². The van der Waals surface area contributed by atoms with Crippen LogP contribution in [0.1, 0.15) is 26.2 Å². The van der Waals surface area contributed by atoms with Gasteiger partial charge < -0.3 is 5.73 Å². The maximum atomic E-state index is 11.1. The number of nitrogens with two attached hydrogens (primary N) is 1. The fourth-order valence-corrected chi connectivity index (χ4v) is 3.33. The Kier molecular flexibility index (Phi) is 4.53. The Morgan fingerprint density at radius 2 is 1.92 bits per heavy atom. The van der Waals surface area contributed by atoms with Gasteiger partial charge in [-0.2, -0.15) is 0 Å². The van der Waals surface area contributed by atoms with Crippen molar-refractivity contribution in [1.29, 1.82) is 0 Å². The molecule has 0 aromatic carbocycles. The molecule has 1 amide bonds. The Balaban J connectivity index is 4.15. The van der Waals surface area contributed by atoms with Crippen LogP contribution < -0.4 is 5.73 Å². The minimum atomic E-state index is -1.36. The lowest BCUT2D eigenvalue weighted by Gasteiger charge is -2.25. The molecule has 2 N–H and O–H groups in total. The third kappa shape index (κ3) is 3.90. The number of rotatable bonds is 5. The van der Waals surface area contributed by atoms with Crippen molar-refractivity contribution in [2.24, 2.45) is 5.73 Å². The average Bonchev–Trinajstić information content (AvgIpc) is 1.84. The predicted octanol–water partition coefficient (Wildman–Crippen LogP) is 2.37. The highest BCUT2D eigenvalue weighted by molar-refractivity contribution is 6.80. The molecule has 72 valence electrons. The monoisotopic (exact) mass is 187 g/mol. The largest absolute Gasteiger partial charge is 0.370 e. The number of unbranched alkanes of at least 4 members (excludes halogenated alkanes) is 1. The van der Waals surface area contributed by atoms with Gasteiger partial charge in [0.1, 0.15) is 0 Å². The Morgan fingerprint density at radius 3 is 2.17 bits per heavy atom. The van der Waals surface area contributed by atoms with Crippen LogP contribution in [0.4, 0.5) is 0 Å². The van der Waals surface area contributed by atoms with Crippen LogP contribution in [0.15, 0.2) is 0 Å². The number of carbonyl (C=O) groups excluding carboxylic acids is 1. The highest BCUT2D eigenvalue weighted by Gasteiger charge is 2.30. The SMILES string of the molecule is CCCCC(C(N)=O)[Si](C)(C)C. The smallest absolute Gasteiger partial charge is 0.217 e. The molecule has 0 fully saturated rings. The molecule has 0 saturated heterocycles. The molecule has 0 aliphatic carbocycles. The first-order valence-corrected chi connectivity index (χ1v) is 8.26. The summed E-state index contributed by atoms with van der Waals surface area (Å²) >= 11 is 0. The van der Waals surface area contributed by atoms with Crippen LogP contribution in [-0.2, 0) is 4.79 Å². The molecule has 0 aliphatic heterocycles. The second-order valence-electron chi connectivity index (χ2n) is 4.46. The van der Waals surface area contributed by atoms with E-state index in [0.717, 1.165) is 19.3 Å². The van der Waals surface area contributed by atoms with Gasteiger partial charge in [-0.05, 0) is 6.42 Å². The molecule has 0 rings (SSSR count). The van der Waals surface area contributed by atoms with Crippen LogP contribution in [0.2, 0.25) is 25.2 Å². The van der Waals surface area contributed by atoms with Gasteiger partial charge in [0, 0.05) is 5.54 Å². The minimum Gasteiger partial charge on any atom is -0.370 e. The standard InChI is InChI=1S/C9H21NOSi/c1-5-6-7-8(9(10)11)12(2,3)4/h8H,5-7H2,1-4H3,(H2,10,11). The number of primary amides is 1. The van der Waals surface area contributed by atoms with E-state index >= 15 is 0 Å². The fraction of sp³-hybridized carbons (Fsp3) is 0.889. The van der Waals surface area contributed by atoms with Crippen molar-refractivity contribution >= 4 is 14.0 Å². The molecule has 0 aromatic rings. The molecule has 0 bridgehead atoms. The fourth-order valence-electron chi connectivity index (χ4n) is 1.41. The van der Waals surface area contributed by atoms with Crippen molar-refractivity contribution in [3.05, 3.63) is 0 Å². The summed E-state index contributed by atoms with van der Waals surface area (Å²) in [5, 5.41) is 0. The second kappa shape index (κ2) is 4.65. The lowest BCUT2D eigenvalue weighted by Crippen LogP contribution is -2.37. The van der Waals surface area contributed by atoms with Crippen molar-refractivity contribution in [3.8, 4) is 0 Å². The van der Waals surface area contributed by atoms with E-state index in [2.05, 4.69) is 26.6 Å². The number of hydrogen-bond acceptors (Lipinski definition) is 1. The van der Waals surface area contributed by atoms with Gasteiger partial charge in [0.2, 0.25) is 5.91 Å². The third-order valence-corrected chi connectivity index (χ3v) is 4.90. The van der Waals surface area contributed by atoms with E-state index in [9.17, 15) is 4.79 Å². The molecular formula is C9H21NOSi. The summed E-state index contributed by atoms with van der Waals surface area (Å²) in [6.07, 6.45) is 3.26. The van der Waals surface area contributed by atoms with E-state index in [1.165, 1.54) is 0 Å². The molecular weight excluding hydrogens is 166 g/mol. The predicted molar refractivity (Wildman–Crippen MR) is 55.8 cm³/mol. The van der Waals surface area contributed by atoms with Crippen LogP contribution in [-0.4, -0.2) is 14.0 Å². The van der Waals surface area contributed by atoms with E-state index in [4.69, 9.17) is 5.73 Å². The molecule has 0 aliphatic rings. The van der Waals surface area contributed by atoms with E-state index in [1.54, 1.807) is 0 Å². The van der Waals surface area contributed by atoms with Gasteiger partial charge in [0.15, 0.2) is 0 Å². The zero-order valence-corrected chi connectivity index (χ0v) is 9.68. The average molecular weight is 187 g/mol. The van der Waals surface area contributed by atoms with Crippen molar-refractivity contribution < 1.29 is 4.79 Å². The van der Waals surface area contributed by atoms with Crippen molar-refractivity contribution in [2.45, 2.75) is 51.4 Å². The van der Waals surface area contributed by atoms with E-state index < -0.39 is 8.07 Å². The molecule has 1 unspecified atom stereocenters. The molecule has 12 heavy (non-hydrogen) atoms. The van der Waals surface area contributed by atoms with E-state index in [0.29, 0.717) is 0 Å². The van der Waals surface area contributed by atoms with E-state index in [1.807, 2.05) is 0 Å². The van der Waals surface area contributed by atoms with Crippen LogP contribution in [0.25, 0.3) is 0 Å². The van der Waals surface area contributed by atoms with Crippen molar-refractivity contribution in [1.82, 2.24) is 0 Å². The maximum Gasteiger partial charge on any atom is 0.217 e. The van der Waals surface area contributed by atoms with Gasteiger partial charge in [0.25, 0.3) is 0 Å². The first-order chi connectivity index (χ1) is 5.39. The van der Waals surface area contributed by atoms with Crippen LogP contribution in [0.5, 0.6) is 0 Å². The van der Waals surface area contributed by atoms with Gasteiger partial charge in [-0.1, -0.05) is 39.4 Å². The molecule has 0 heterocycles. The van der Waals surface area contributed by atoms with Gasteiger partial charge in [-0.3, -0.25) is 4.79 Å². The van der Waals surface area contributed by atoms with E-state index in [-0.39, 0.29) is 11.4 Å². The second-order valence-corrected chi connectivity index (χ2v) is 9.89. The lowest BCUT2D eigenvalue weighted by atomic mass is 10.2. The first-order valence-electron chi connectivity index (χ1n) is 4.69. The Hall–Kier alpha value is -0.313. The normalized spacial score (nSPS) is 14.3. The van der Waals surface area contributed by atoms with Gasteiger partial charge in [0.05, 0.1) is 8.07 Å². The molecule has 0 spiro atoms. The molecule has 2 nitrogen and oxygen atoms in total. The summed E-state index contributed by atoms with van der Waals surface area (Å²) in [5.41, 5.74) is 5.52. The topological polar surface area (TPSA) is 43.1 Å². The van der Waals surface area contributed by atoms with Crippen LogP contribution in [0, 0.1) is 0 Å². The van der Waals surface area contributed by atoms with Gasteiger partial charge >= 0.3 is 0 Å². The molecule has 0 radical (unpaired) electrons. The lowest BCUT2D eigenvalue weighted by molar-refractivity contribution is -0.118. The van der Waals surface area contributed by atoms with Crippen molar-refractivity contribution in [3.63, 3.8) is 0 Å². The van der Waals surface area contributed by atoms with Gasteiger partial charge in [-0.15, -0.1) is 0 Å². The first kappa shape index (κ1) is 11.7. The third-order valence-electron chi connectivity index (χ3n) is 2.24. The van der Waals surface area contributed by atoms with Crippen molar-refractivity contribution in [2.75, 3.05) is 0 Å². The van der Waals surface area contributed by atoms with Crippen LogP contribution >= 0.6 is 0 Å². The highest BCUT2D eigenvalue weighted by atomic mass is 28.3. The Bertz CT molecular complexity index is 151.